The van der Waals surface area contributed by atoms with Gasteiger partial charge in [-0.3, -0.25) is 9.59 Å². The molecule has 4 rings (SSSR count). The zero-order valence-corrected chi connectivity index (χ0v) is 20.8. The van der Waals surface area contributed by atoms with Crippen molar-refractivity contribution in [1.29, 1.82) is 0 Å². The average molecular weight is 531 g/mol. The Morgan fingerprint density at radius 1 is 0.737 bits per heavy atom. The number of benzene rings is 4. The van der Waals surface area contributed by atoms with Gasteiger partial charge in [-0.05, 0) is 60.8 Å². The molecule has 4 aromatic carbocycles. The summed E-state index contributed by atoms with van der Waals surface area (Å²) in [5, 5.41) is 34.2. The van der Waals surface area contributed by atoms with E-state index < -0.39 is 28.8 Å². The minimum Gasteiger partial charge on any atom is -0.507 e. The number of carboxylic acids is 2. The normalized spacial score (nSPS) is 11.5. The van der Waals surface area contributed by atoms with Gasteiger partial charge in [-0.15, -0.1) is 11.8 Å². The van der Waals surface area contributed by atoms with E-state index in [0.717, 1.165) is 0 Å². The molecular formula is C28H22N2O7S. The van der Waals surface area contributed by atoms with E-state index in [4.69, 9.17) is 5.11 Å². The van der Waals surface area contributed by atoms with Crippen molar-refractivity contribution in [3.63, 3.8) is 0 Å². The SMILES string of the molecule is CC(Sc1cccc(NC(=O)c2cccc3cccc(C(=O)O)c23)c1)C(=O)Nc1ccc(O)c(C(=O)O)c1. The van der Waals surface area contributed by atoms with E-state index in [2.05, 4.69) is 10.6 Å². The zero-order valence-electron chi connectivity index (χ0n) is 20.0. The number of fused-ring (bicyclic) bond motifs is 1. The highest BCUT2D eigenvalue weighted by Crippen LogP contribution is 2.29. The molecule has 0 aliphatic heterocycles. The molecule has 0 aromatic heterocycles. The van der Waals surface area contributed by atoms with Crippen molar-refractivity contribution in [3.8, 4) is 5.75 Å². The molecule has 1 atom stereocenters. The van der Waals surface area contributed by atoms with Gasteiger partial charge in [-0.2, -0.15) is 0 Å². The van der Waals surface area contributed by atoms with Crippen LogP contribution in [0.15, 0.2) is 83.8 Å². The molecule has 4 aromatic rings. The van der Waals surface area contributed by atoms with Crippen molar-refractivity contribution in [2.24, 2.45) is 0 Å². The van der Waals surface area contributed by atoms with Crippen LogP contribution in [0.2, 0.25) is 0 Å². The van der Waals surface area contributed by atoms with Gasteiger partial charge in [0.1, 0.15) is 11.3 Å². The van der Waals surface area contributed by atoms with Crippen LogP contribution in [0.5, 0.6) is 5.75 Å². The number of hydrogen-bond acceptors (Lipinski definition) is 6. The van der Waals surface area contributed by atoms with E-state index in [-0.39, 0.29) is 28.3 Å². The summed E-state index contributed by atoms with van der Waals surface area (Å²) in [5.74, 6) is -3.71. The lowest BCUT2D eigenvalue weighted by molar-refractivity contribution is -0.115. The number of aromatic carboxylic acids is 2. The predicted octanol–water partition coefficient (Wildman–Crippen LogP) is 5.31. The van der Waals surface area contributed by atoms with Gasteiger partial charge in [0.05, 0.1) is 10.8 Å². The molecule has 0 radical (unpaired) electrons. The summed E-state index contributed by atoms with van der Waals surface area (Å²) in [5.41, 5.74) is 0.618. The van der Waals surface area contributed by atoms with Crippen LogP contribution in [-0.4, -0.2) is 44.3 Å². The van der Waals surface area contributed by atoms with Gasteiger partial charge in [0.15, 0.2) is 0 Å². The first-order chi connectivity index (χ1) is 18.1. The minimum atomic E-state index is -1.32. The smallest absolute Gasteiger partial charge is 0.339 e. The molecule has 0 fully saturated rings. The number of carbonyl (C=O) groups excluding carboxylic acids is 2. The van der Waals surface area contributed by atoms with Crippen molar-refractivity contribution in [1.82, 2.24) is 0 Å². The monoisotopic (exact) mass is 530 g/mol. The Kier molecular flexibility index (Phi) is 7.63. The van der Waals surface area contributed by atoms with Crippen LogP contribution < -0.4 is 10.6 Å². The highest BCUT2D eigenvalue weighted by molar-refractivity contribution is 8.00. The highest BCUT2D eigenvalue weighted by atomic mass is 32.2. The minimum absolute atomic E-state index is 0.0292. The quantitative estimate of drug-likeness (QED) is 0.152. The second kappa shape index (κ2) is 11.1. The number of anilines is 2. The molecular weight excluding hydrogens is 508 g/mol. The average Bonchev–Trinajstić information content (AvgIpc) is 2.88. The first-order valence-corrected chi connectivity index (χ1v) is 12.2. The molecule has 9 nitrogen and oxygen atoms in total. The summed E-state index contributed by atoms with van der Waals surface area (Å²) in [7, 11) is 0. The van der Waals surface area contributed by atoms with Crippen molar-refractivity contribution in [2.45, 2.75) is 17.1 Å². The molecule has 192 valence electrons. The summed E-state index contributed by atoms with van der Waals surface area (Å²) in [6, 6.07) is 20.4. The number of amides is 2. The Hall–Kier alpha value is -4.83. The summed E-state index contributed by atoms with van der Waals surface area (Å²) < 4.78 is 0. The lowest BCUT2D eigenvalue weighted by Crippen LogP contribution is -2.22. The Morgan fingerprint density at radius 2 is 1.37 bits per heavy atom. The standard InChI is InChI=1S/C28H22N2O7S/c1-15(25(32)29-18-11-12-23(31)22(14-18)28(36)37)38-19-8-4-7-17(13-19)30-26(33)20-9-2-5-16-6-3-10-21(24(16)20)27(34)35/h2-15,31H,1H3,(H,29,32)(H,30,33)(H,34,35)(H,36,37). The van der Waals surface area contributed by atoms with E-state index in [1.165, 1.54) is 36.0 Å². The summed E-state index contributed by atoms with van der Waals surface area (Å²) in [6.07, 6.45) is 0. The number of phenols is 1. The van der Waals surface area contributed by atoms with Crippen LogP contribution >= 0.6 is 11.8 Å². The van der Waals surface area contributed by atoms with E-state index in [0.29, 0.717) is 21.4 Å². The molecule has 0 spiro atoms. The predicted molar refractivity (Wildman–Crippen MR) is 144 cm³/mol. The number of rotatable bonds is 8. The third-order valence-corrected chi connectivity index (χ3v) is 6.74. The highest BCUT2D eigenvalue weighted by Gasteiger charge is 2.19. The lowest BCUT2D eigenvalue weighted by Gasteiger charge is -2.14. The fourth-order valence-electron chi connectivity index (χ4n) is 3.84. The topological polar surface area (TPSA) is 153 Å². The Morgan fingerprint density at radius 3 is 2.05 bits per heavy atom. The largest absolute Gasteiger partial charge is 0.507 e. The summed E-state index contributed by atoms with van der Waals surface area (Å²) >= 11 is 1.22. The van der Waals surface area contributed by atoms with Crippen LogP contribution in [-0.2, 0) is 4.79 Å². The first-order valence-electron chi connectivity index (χ1n) is 11.3. The lowest BCUT2D eigenvalue weighted by atomic mass is 9.98. The third-order valence-electron chi connectivity index (χ3n) is 5.65. The van der Waals surface area contributed by atoms with Gasteiger partial charge < -0.3 is 26.0 Å². The van der Waals surface area contributed by atoms with Crippen LogP contribution in [0.3, 0.4) is 0 Å². The third kappa shape index (κ3) is 5.76. The number of thioether (sulfide) groups is 1. The van der Waals surface area contributed by atoms with Crippen molar-refractivity contribution >= 4 is 57.7 Å². The Balaban J connectivity index is 1.48. The number of hydrogen-bond donors (Lipinski definition) is 5. The fourth-order valence-corrected chi connectivity index (χ4v) is 4.77. The number of nitrogens with one attached hydrogen (secondary N) is 2. The molecule has 0 bridgehead atoms. The van der Waals surface area contributed by atoms with E-state index in [9.17, 15) is 29.4 Å². The van der Waals surface area contributed by atoms with Crippen LogP contribution in [0, 0.1) is 0 Å². The molecule has 38 heavy (non-hydrogen) atoms. The number of carboxylic acid groups (broad SMARTS) is 2. The van der Waals surface area contributed by atoms with E-state index in [1.54, 1.807) is 61.5 Å². The van der Waals surface area contributed by atoms with E-state index in [1.807, 2.05) is 0 Å². The van der Waals surface area contributed by atoms with Gasteiger partial charge in [-0.25, -0.2) is 9.59 Å². The zero-order chi connectivity index (χ0) is 27.4. The van der Waals surface area contributed by atoms with Crippen molar-refractivity contribution in [2.75, 3.05) is 10.6 Å². The van der Waals surface area contributed by atoms with Gasteiger partial charge in [0.2, 0.25) is 5.91 Å². The second-order valence-corrected chi connectivity index (χ2v) is 9.70. The van der Waals surface area contributed by atoms with Gasteiger partial charge >= 0.3 is 11.9 Å². The Labute approximate surface area is 221 Å². The second-order valence-electron chi connectivity index (χ2n) is 8.28. The molecule has 0 aliphatic rings. The first kappa shape index (κ1) is 26.2. The number of aromatic hydroxyl groups is 1. The van der Waals surface area contributed by atoms with Crippen molar-refractivity contribution < 1.29 is 34.5 Å². The molecule has 1 unspecified atom stereocenters. The van der Waals surface area contributed by atoms with Crippen LogP contribution in [0.1, 0.15) is 38.0 Å². The number of carbonyl (C=O) groups is 4. The molecule has 10 heteroatoms. The maximum atomic E-state index is 13.1. The van der Waals surface area contributed by atoms with Gasteiger partial charge in [-0.1, -0.05) is 30.3 Å². The van der Waals surface area contributed by atoms with Crippen LogP contribution in [0.4, 0.5) is 11.4 Å². The maximum Gasteiger partial charge on any atom is 0.339 e. The maximum absolute atomic E-state index is 13.1. The Bertz CT molecular complexity index is 1580. The van der Waals surface area contributed by atoms with Crippen molar-refractivity contribution in [3.05, 3.63) is 95.6 Å². The van der Waals surface area contributed by atoms with E-state index >= 15 is 0 Å². The molecule has 0 saturated heterocycles. The molecule has 5 N–H and O–H groups in total. The summed E-state index contributed by atoms with van der Waals surface area (Å²) in [4.78, 5) is 49.4. The molecule has 2 amide bonds. The molecule has 0 aliphatic carbocycles. The summed E-state index contributed by atoms with van der Waals surface area (Å²) in [6.45, 7) is 1.67. The van der Waals surface area contributed by atoms with Gasteiger partial charge in [0.25, 0.3) is 5.91 Å². The molecule has 0 heterocycles. The molecule has 0 saturated carbocycles. The van der Waals surface area contributed by atoms with Crippen LogP contribution in [0.25, 0.3) is 10.8 Å². The fraction of sp³-hybridized carbons (Fsp3) is 0.0714. The van der Waals surface area contributed by atoms with Gasteiger partial charge in [0, 0.05) is 27.2 Å².